The summed E-state index contributed by atoms with van der Waals surface area (Å²) in [6.07, 6.45) is 3.53. The minimum absolute atomic E-state index is 0.0636. The minimum atomic E-state index is -3.92. The maximum Gasteiger partial charge on any atom is 0.251 e. The molecule has 1 aromatic carbocycles. The van der Waals surface area contributed by atoms with Crippen molar-refractivity contribution in [3.63, 3.8) is 0 Å². The third-order valence-electron chi connectivity index (χ3n) is 7.84. The number of likely N-dealkylation sites (tertiary alicyclic amines) is 1. The first-order valence-electron chi connectivity index (χ1n) is 13.8. The molecule has 0 spiro atoms. The molecule has 2 amide bonds. The lowest BCUT2D eigenvalue weighted by atomic mass is 10.0. The molecule has 3 aliphatic rings. The Balaban J connectivity index is 1.30. The maximum atomic E-state index is 13.8. The minimum Gasteiger partial charge on any atom is -0.369 e. The topological polar surface area (TPSA) is 132 Å². The number of amides is 2. The maximum absolute atomic E-state index is 13.8. The average molecular weight is 569 g/mol. The molecule has 3 fully saturated rings. The second-order valence-corrected chi connectivity index (χ2v) is 12.9. The van der Waals surface area contributed by atoms with E-state index in [4.69, 9.17) is 0 Å². The second kappa shape index (κ2) is 11.6. The molecule has 214 valence electrons. The van der Waals surface area contributed by atoms with E-state index in [1.165, 1.54) is 33.7 Å². The Kier molecular flexibility index (Phi) is 8.20. The van der Waals surface area contributed by atoms with Gasteiger partial charge in [-0.15, -0.1) is 0 Å². The van der Waals surface area contributed by atoms with Gasteiger partial charge in [0.15, 0.2) is 5.78 Å². The second-order valence-electron chi connectivity index (χ2n) is 11.0. The zero-order valence-electron chi connectivity index (χ0n) is 22.8. The Labute approximate surface area is 235 Å². The first-order chi connectivity index (χ1) is 19.2. The number of fused-ring (bicyclic) bond motifs is 1. The molecule has 3 atom stereocenters. The van der Waals surface area contributed by atoms with Crippen LogP contribution in [0.5, 0.6) is 0 Å². The van der Waals surface area contributed by atoms with Crippen LogP contribution in [0.1, 0.15) is 37.0 Å². The van der Waals surface area contributed by atoms with E-state index in [1.54, 1.807) is 12.1 Å². The van der Waals surface area contributed by atoms with Crippen LogP contribution >= 0.6 is 0 Å². The monoisotopic (exact) mass is 568 g/mol. The molecular formula is C28H36N6O5S. The molecule has 0 bridgehead atoms. The van der Waals surface area contributed by atoms with Crippen molar-refractivity contribution in [2.75, 3.05) is 44.2 Å². The molecule has 1 aromatic heterocycles. The van der Waals surface area contributed by atoms with E-state index in [-0.39, 0.29) is 41.5 Å². The highest BCUT2D eigenvalue weighted by atomic mass is 32.2. The number of ketones is 1. The van der Waals surface area contributed by atoms with Crippen LogP contribution in [0.3, 0.4) is 0 Å². The van der Waals surface area contributed by atoms with Gasteiger partial charge < -0.3 is 20.4 Å². The summed E-state index contributed by atoms with van der Waals surface area (Å²) in [5.41, 5.74) is 1.49. The number of nitrogens with zero attached hydrogens (tertiary/aromatic N) is 4. The number of piperazine rings is 1. The standard InChI is InChI=1S/C28H36N6O5S/c1-19(2)17-23(31-27(36)20-3-5-21(6-4-20)32-15-12-30-13-16-32)28(37)33-14-9-24-26(33)25(35)18-34(24)40(38,39)22-7-10-29-11-8-22/h3-8,10-11,19,23-24,26,30H,9,12-18H2,1-2H3,(H,31,36). The quantitative estimate of drug-likeness (QED) is 0.480. The van der Waals surface area contributed by atoms with Crippen LogP contribution in [-0.4, -0.2) is 97.6 Å². The summed E-state index contributed by atoms with van der Waals surface area (Å²) in [6.45, 7) is 7.50. The van der Waals surface area contributed by atoms with Gasteiger partial charge in [0.1, 0.15) is 12.1 Å². The molecule has 12 heteroatoms. The smallest absolute Gasteiger partial charge is 0.251 e. The fraction of sp³-hybridized carbons (Fsp3) is 0.500. The van der Waals surface area contributed by atoms with E-state index in [2.05, 4.69) is 20.5 Å². The van der Waals surface area contributed by atoms with Crippen LogP contribution in [0, 0.1) is 5.92 Å². The van der Waals surface area contributed by atoms with Gasteiger partial charge >= 0.3 is 0 Å². The predicted octanol–water partition coefficient (Wildman–Crippen LogP) is 0.879. The third kappa shape index (κ3) is 5.61. The van der Waals surface area contributed by atoms with Gasteiger partial charge in [-0.2, -0.15) is 4.31 Å². The molecule has 3 aliphatic heterocycles. The fourth-order valence-corrected chi connectivity index (χ4v) is 7.48. The number of carbonyl (C=O) groups excluding carboxylic acids is 3. The first-order valence-corrected chi connectivity index (χ1v) is 15.2. The highest BCUT2D eigenvalue weighted by Crippen LogP contribution is 2.34. The molecule has 0 radical (unpaired) electrons. The van der Waals surface area contributed by atoms with Crippen LogP contribution in [0.15, 0.2) is 53.7 Å². The molecule has 40 heavy (non-hydrogen) atoms. The number of aromatic nitrogens is 1. The van der Waals surface area contributed by atoms with E-state index < -0.39 is 28.1 Å². The average Bonchev–Trinajstić information content (AvgIpc) is 3.54. The van der Waals surface area contributed by atoms with Crippen LogP contribution in [-0.2, 0) is 19.6 Å². The molecule has 11 nitrogen and oxygen atoms in total. The van der Waals surface area contributed by atoms with E-state index in [0.29, 0.717) is 18.4 Å². The number of pyridine rings is 1. The summed E-state index contributed by atoms with van der Waals surface area (Å²) in [5, 5.41) is 6.22. The van der Waals surface area contributed by atoms with Gasteiger partial charge in [-0.05, 0) is 55.2 Å². The lowest BCUT2D eigenvalue weighted by Gasteiger charge is -2.30. The van der Waals surface area contributed by atoms with Crippen LogP contribution in [0.25, 0.3) is 0 Å². The number of carbonyl (C=O) groups is 3. The number of Topliss-reactive ketones (excluding diaryl/α,β-unsaturated/α-hetero) is 1. The Morgan fingerprint density at radius 2 is 1.73 bits per heavy atom. The predicted molar refractivity (Wildman–Crippen MR) is 149 cm³/mol. The summed E-state index contributed by atoms with van der Waals surface area (Å²) >= 11 is 0. The van der Waals surface area contributed by atoms with Crippen LogP contribution in [0.4, 0.5) is 5.69 Å². The number of nitrogens with one attached hydrogen (secondary N) is 2. The van der Waals surface area contributed by atoms with Gasteiger partial charge in [0.2, 0.25) is 15.9 Å². The Hall–Kier alpha value is -3.35. The zero-order valence-corrected chi connectivity index (χ0v) is 23.6. The van der Waals surface area contributed by atoms with Gasteiger partial charge in [-0.1, -0.05) is 13.8 Å². The van der Waals surface area contributed by atoms with Crippen molar-refractivity contribution in [3.05, 3.63) is 54.4 Å². The van der Waals surface area contributed by atoms with Crippen molar-refractivity contribution in [1.82, 2.24) is 24.8 Å². The van der Waals surface area contributed by atoms with Gasteiger partial charge in [0.05, 0.1) is 17.5 Å². The molecule has 5 rings (SSSR count). The number of rotatable bonds is 8. The number of hydrogen-bond acceptors (Lipinski definition) is 8. The normalized spacial score (nSPS) is 22.4. The highest BCUT2D eigenvalue weighted by molar-refractivity contribution is 7.89. The van der Waals surface area contributed by atoms with Gasteiger partial charge in [-0.25, -0.2) is 8.42 Å². The zero-order chi connectivity index (χ0) is 28.4. The van der Waals surface area contributed by atoms with Crippen molar-refractivity contribution in [2.24, 2.45) is 5.92 Å². The number of benzene rings is 1. The van der Waals surface area contributed by atoms with Crippen LogP contribution < -0.4 is 15.5 Å². The molecule has 3 unspecified atom stereocenters. The van der Waals surface area contributed by atoms with Crippen molar-refractivity contribution in [1.29, 1.82) is 0 Å². The van der Waals surface area contributed by atoms with Crippen LogP contribution in [0.2, 0.25) is 0 Å². The lowest BCUT2D eigenvalue weighted by molar-refractivity contribution is -0.138. The molecule has 4 heterocycles. The first kappa shape index (κ1) is 28.2. The fourth-order valence-electron chi connectivity index (χ4n) is 5.87. The SMILES string of the molecule is CC(C)CC(NC(=O)c1ccc(N2CCNCC2)cc1)C(=O)N1CCC2C1C(=O)CN2S(=O)(=O)c1ccncc1. The summed E-state index contributed by atoms with van der Waals surface area (Å²) in [5.74, 6) is -0.929. The Morgan fingerprint density at radius 1 is 1.05 bits per heavy atom. The van der Waals surface area contributed by atoms with E-state index in [9.17, 15) is 22.8 Å². The van der Waals surface area contributed by atoms with Gasteiger partial charge in [0, 0.05) is 56.4 Å². The number of sulfonamides is 1. The van der Waals surface area contributed by atoms with E-state index in [1.807, 2.05) is 26.0 Å². The summed E-state index contributed by atoms with van der Waals surface area (Å²) < 4.78 is 27.8. The van der Waals surface area contributed by atoms with Crippen molar-refractivity contribution in [2.45, 2.75) is 49.7 Å². The van der Waals surface area contributed by atoms with E-state index >= 15 is 0 Å². The van der Waals surface area contributed by atoms with Crippen molar-refractivity contribution in [3.8, 4) is 0 Å². The summed E-state index contributed by atoms with van der Waals surface area (Å²) in [4.78, 5) is 47.8. The molecule has 2 N–H and O–H groups in total. The van der Waals surface area contributed by atoms with Gasteiger partial charge in [-0.3, -0.25) is 19.4 Å². The Bertz CT molecular complexity index is 1350. The number of anilines is 1. The Morgan fingerprint density at radius 3 is 2.38 bits per heavy atom. The third-order valence-corrected chi connectivity index (χ3v) is 9.72. The number of hydrogen-bond donors (Lipinski definition) is 2. The summed E-state index contributed by atoms with van der Waals surface area (Å²) in [7, 11) is -3.92. The van der Waals surface area contributed by atoms with Gasteiger partial charge in [0.25, 0.3) is 5.91 Å². The summed E-state index contributed by atoms with van der Waals surface area (Å²) in [6, 6.07) is 7.81. The highest BCUT2D eigenvalue weighted by Gasteiger charge is 2.54. The van der Waals surface area contributed by atoms with Crippen molar-refractivity contribution >= 4 is 33.3 Å². The van der Waals surface area contributed by atoms with E-state index in [0.717, 1.165) is 31.9 Å². The lowest BCUT2D eigenvalue weighted by Crippen LogP contribution is -2.53. The van der Waals surface area contributed by atoms with Crippen molar-refractivity contribution < 1.29 is 22.8 Å². The molecular weight excluding hydrogens is 532 g/mol. The molecule has 2 aromatic rings. The molecule has 0 saturated carbocycles. The molecule has 3 saturated heterocycles. The largest absolute Gasteiger partial charge is 0.369 e. The molecule has 0 aliphatic carbocycles.